The molecular formula is C24H24N2O3. The lowest BCUT2D eigenvalue weighted by atomic mass is 10.1. The fourth-order valence-electron chi connectivity index (χ4n) is 2.73. The van der Waals surface area contributed by atoms with Crippen molar-refractivity contribution in [1.82, 2.24) is 0 Å². The SMILES string of the molecule is Cc1ccc(NC(=O)c2cccc(C(=O)Nc3ccc(OC(C)C)cc3)c2)cc1. The number of benzene rings is 3. The van der Waals surface area contributed by atoms with Crippen LogP contribution in [0.2, 0.25) is 0 Å². The lowest BCUT2D eigenvalue weighted by molar-refractivity contribution is 0.102. The number of carbonyl (C=O) groups is 2. The number of rotatable bonds is 6. The van der Waals surface area contributed by atoms with Gasteiger partial charge in [-0.25, -0.2) is 0 Å². The van der Waals surface area contributed by atoms with Crippen molar-refractivity contribution in [3.63, 3.8) is 0 Å². The molecule has 0 heterocycles. The maximum absolute atomic E-state index is 12.6. The van der Waals surface area contributed by atoms with Crippen LogP contribution in [0.3, 0.4) is 0 Å². The first-order chi connectivity index (χ1) is 13.9. The maximum atomic E-state index is 12.6. The molecule has 0 aliphatic heterocycles. The van der Waals surface area contributed by atoms with Crippen LogP contribution in [0.1, 0.15) is 40.1 Å². The Morgan fingerprint density at radius 1 is 0.759 bits per heavy atom. The van der Waals surface area contributed by atoms with E-state index in [2.05, 4.69) is 10.6 Å². The summed E-state index contributed by atoms with van der Waals surface area (Å²) in [5, 5.41) is 5.67. The van der Waals surface area contributed by atoms with E-state index in [-0.39, 0.29) is 17.9 Å². The molecule has 0 saturated heterocycles. The van der Waals surface area contributed by atoms with Crippen molar-refractivity contribution in [1.29, 1.82) is 0 Å². The van der Waals surface area contributed by atoms with Crippen molar-refractivity contribution in [2.45, 2.75) is 26.9 Å². The molecule has 0 fully saturated rings. The van der Waals surface area contributed by atoms with Crippen molar-refractivity contribution in [2.24, 2.45) is 0 Å². The second-order valence-corrected chi connectivity index (χ2v) is 7.05. The van der Waals surface area contributed by atoms with Gasteiger partial charge in [0.1, 0.15) is 5.75 Å². The van der Waals surface area contributed by atoms with Gasteiger partial charge < -0.3 is 15.4 Å². The summed E-state index contributed by atoms with van der Waals surface area (Å²) < 4.78 is 5.60. The normalized spacial score (nSPS) is 10.5. The summed E-state index contributed by atoms with van der Waals surface area (Å²) in [4.78, 5) is 25.1. The van der Waals surface area contributed by atoms with Crippen LogP contribution in [0.5, 0.6) is 5.75 Å². The number of anilines is 2. The summed E-state index contributed by atoms with van der Waals surface area (Å²) in [6.07, 6.45) is 0.0873. The fourth-order valence-corrected chi connectivity index (χ4v) is 2.73. The van der Waals surface area contributed by atoms with Crippen LogP contribution in [0.25, 0.3) is 0 Å². The average Bonchev–Trinajstić information content (AvgIpc) is 2.71. The molecule has 0 spiro atoms. The zero-order chi connectivity index (χ0) is 20.8. The average molecular weight is 388 g/mol. The van der Waals surface area contributed by atoms with Crippen LogP contribution in [0, 0.1) is 6.92 Å². The molecule has 0 saturated carbocycles. The molecular weight excluding hydrogens is 364 g/mol. The molecule has 29 heavy (non-hydrogen) atoms. The molecule has 5 nitrogen and oxygen atoms in total. The van der Waals surface area contributed by atoms with E-state index in [0.717, 1.165) is 11.3 Å². The predicted octanol–water partition coefficient (Wildman–Crippen LogP) is 5.29. The van der Waals surface area contributed by atoms with Gasteiger partial charge in [-0.05, 0) is 75.4 Å². The molecule has 5 heteroatoms. The van der Waals surface area contributed by atoms with Gasteiger partial charge in [0.05, 0.1) is 6.10 Å². The number of aryl methyl sites for hydroxylation is 1. The van der Waals surface area contributed by atoms with Gasteiger partial charge in [-0.2, -0.15) is 0 Å². The van der Waals surface area contributed by atoms with Crippen molar-refractivity contribution < 1.29 is 14.3 Å². The molecule has 0 bridgehead atoms. The minimum atomic E-state index is -0.285. The Balaban J connectivity index is 1.67. The molecule has 0 aromatic heterocycles. The summed E-state index contributed by atoms with van der Waals surface area (Å²) in [5.41, 5.74) is 3.30. The Morgan fingerprint density at radius 3 is 1.72 bits per heavy atom. The number of ether oxygens (including phenoxy) is 1. The number of amides is 2. The van der Waals surface area contributed by atoms with Crippen LogP contribution in [-0.2, 0) is 0 Å². The molecule has 0 unspecified atom stereocenters. The summed E-state index contributed by atoms with van der Waals surface area (Å²) in [5.74, 6) is 0.193. The molecule has 0 aliphatic carbocycles. The van der Waals surface area contributed by atoms with Gasteiger partial charge in [-0.15, -0.1) is 0 Å². The van der Waals surface area contributed by atoms with Gasteiger partial charge in [0.25, 0.3) is 11.8 Å². The lowest BCUT2D eigenvalue weighted by Gasteiger charge is -2.11. The fraction of sp³-hybridized carbons (Fsp3) is 0.167. The van der Waals surface area contributed by atoms with E-state index in [1.54, 1.807) is 48.5 Å². The van der Waals surface area contributed by atoms with Crippen LogP contribution in [0.4, 0.5) is 11.4 Å². The van der Waals surface area contributed by atoms with E-state index in [4.69, 9.17) is 4.74 Å². The second-order valence-electron chi connectivity index (χ2n) is 7.05. The summed E-state index contributed by atoms with van der Waals surface area (Å²) >= 11 is 0. The van der Waals surface area contributed by atoms with E-state index in [1.165, 1.54) is 0 Å². The third-order valence-electron chi connectivity index (χ3n) is 4.18. The highest BCUT2D eigenvalue weighted by Gasteiger charge is 2.11. The first-order valence-corrected chi connectivity index (χ1v) is 9.47. The first kappa shape index (κ1) is 20.1. The van der Waals surface area contributed by atoms with Crippen LogP contribution >= 0.6 is 0 Å². The highest BCUT2D eigenvalue weighted by Crippen LogP contribution is 2.18. The van der Waals surface area contributed by atoms with Crippen molar-refractivity contribution in [2.75, 3.05) is 10.6 Å². The van der Waals surface area contributed by atoms with Crippen molar-refractivity contribution >= 4 is 23.2 Å². The summed E-state index contributed by atoms with van der Waals surface area (Å²) in [7, 11) is 0. The minimum Gasteiger partial charge on any atom is -0.491 e. The zero-order valence-electron chi connectivity index (χ0n) is 16.7. The smallest absolute Gasteiger partial charge is 0.255 e. The van der Waals surface area contributed by atoms with Crippen molar-refractivity contribution in [3.8, 4) is 5.75 Å². The topological polar surface area (TPSA) is 67.4 Å². The Morgan fingerprint density at radius 2 is 1.24 bits per heavy atom. The van der Waals surface area contributed by atoms with Gasteiger partial charge in [-0.1, -0.05) is 23.8 Å². The van der Waals surface area contributed by atoms with E-state index in [9.17, 15) is 9.59 Å². The van der Waals surface area contributed by atoms with Gasteiger partial charge in [0.2, 0.25) is 0 Å². The van der Waals surface area contributed by atoms with Gasteiger partial charge in [-0.3, -0.25) is 9.59 Å². The Bertz CT molecular complexity index is 993. The predicted molar refractivity (Wildman–Crippen MR) is 116 cm³/mol. The highest BCUT2D eigenvalue weighted by atomic mass is 16.5. The van der Waals surface area contributed by atoms with Gasteiger partial charge >= 0.3 is 0 Å². The molecule has 0 atom stereocenters. The lowest BCUT2D eigenvalue weighted by Crippen LogP contribution is -2.15. The Labute approximate surface area is 170 Å². The molecule has 0 radical (unpaired) electrons. The number of carbonyl (C=O) groups excluding carboxylic acids is 2. The molecule has 3 aromatic rings. The standard InChI is InChI=1S/C24H24N2O3/c1-16(2)29-22-13-11-21(12-14-22)26-24(28)19-6-4-5-18(15-19)23(27)25-20-9-7-17(3)8-10-20/h4-16H,1-3H3,(H,25,27)(H,26,28). The van der Waals surface area contributed by atoms with E-state index in [1.807, 2.05) is 45.0 Å². The zero-order valence-corrected chi connectivity index (χ0v) is 16.7. The molecule has 0 aliphatic rings. The van der Waals surface area contributed by atoms with Crippen molar-refractivity contribution in [3.05, 3.63) is 89.5 Å². The maximum Gasteiger partial charge on any atom is 0.255 e. The number of hydrogen-bond donors (Lipinski definition) is 2. The molecule has 2 amide bonds. The minimum absolute atomic E-state index is 0.0873. The monoisotopic (exact) mass is 388 g/mol. The van der Waals surface area contributed by atoms with Crippen LogP contribution in [0.15, 0.2) is 72.8 Å². The highest BCUT2D eigenvalue weighted by molar-refractivity contribution is 6.08. The molecule has 3 rings (SSSR count). The Hall–Kier alpha value is -3.60. The van der Waals surface area contributed by atoms with Gasteiger partial charge in [0, 0.05) is 22.5 Å². The largest absolute Gasteiger partial charge is 0.491 e. The van der Waals surface area contributed by atoms with Crippen LogP contribution < -0.4 is 15.4 Å². The first-order valence-electron chi connectivity index (χ1n) is 9.47. The van der Waals surface area contributed by atoms with E-state index >= 15 is 0 Å². The number of hydrogen-bond acceptors (Lipinski definition) is 3. The van der Waals surface area contributed by atoms with E-state index < -0.39 is 0 Å². The molecule has 3 aromatic carbocycles. The van der Waals surface area contributed by atoms with E-state index in [0.29, 0.717) is 22.5 Å². The third-order valence-corrected chi connectivity index (χ3v) is 4.18. The van der Waals surface area contributed by atoms with Crippen LogP contribution in [-0.4, -0.2) is 17.9 Å². The third kappa shape index (κ3) is 5.69. The molecule has 2 N–H and O–H groups in total. The second kappa shape index (κ2) is 9.06. The van der Waals surface area contributed by atoms with Gasteiger partial charge in [0.15, 0.2) is 0 Å². The summed E-state index contributed by atoms with van der Waals surface area (Å²) in [6, 6.07) is 21.3. The number of nitrogens with one attached hydrogen (secondary N) is 2. The Kier molecular flexibility index (Phi) is 6.29. The molecule has 148 valence electrons. The quantitative estimate of drug-likeness (QED) is 0.603. The summed E-state index contributed by atoms with van der Waals surface area (Å²) in [6.45, 7) is 5.90.